The van der Waals surface area contributed by atoms with Gasteiger partial charge in [0.1, 0.15) is 12.2 Å². The molecule has 0 aromatic carbocycles. The number of aliphatic hydroxyl groups excluding tert-OH is 1. The molecule has 4 nitrogen and oxygen atoms in total. The smallest absolute Gasteiger partial charge is 0.138 e. The molecule has 86 valence electrons. The van der Waals surface area contributed by atoms with Crippen LogP contribution in [-0.2, 0) is 13.5 Å². The van der Waals surface area contributed by atoms with Gasteiger partial charge in [-0.2, -0.15) is 16.9 Å². The molecule has 0 aliphatic heterocycles. The van der Waals surface area contributed by atoms with Gasteiger partial charge in [0.2, 0.25) is 0 Å². The van der Waals surface area contributed by atoms with Crippen LogP contribution in [0.2, 0.25) is 0 Å². The van der Waals surface area contributed by atoms with Crippen molar-refractivity contribution in [2.75, 3.05) is 5.75 Å². The van der Waals surface area contributed by atoms with Crippen LogP contribution in [0.4, 0.5) is 0 Å². The van der Waals surface area contributed by atoms with E-state index in [0.717, 1.165) is 11.6 Å². The third kappa shape index (κ3) is 4.66. The normalized spacial score (nSPS) is 14.2. The van der Waals surface area contributed by atoms with Gasteiger partial charge < -0.3 is 5.11 Å². The molecule has 15 heavy (non-hydrogen) atoms. The van der Waals surface area contributed by atoms with Gasteiger partial charge in [-0.15, -0.1) is 0 Å². The summed E-state index contributed by atoms with van der Waals surface area (Å²) in [6, 6.07) is 0. The fourth-order valence-corrected chi connectivity index (χ4v) is 1.93. The number of thioether (sulfide) groups is 1. The quantitative estimate of drug-likeness (QED) is 0.844. The molecule has 0 amide bonds. The van der Waals surface area contributed by atoms with E-state index in [-0.39, 0.29) is 10.9 Å². The molecule has 0 spiro atoms. The lowest BCUT2D eigenvalue weighted by Crippen LogP contribution is -2.20. The molecule has 1 unspecified atom stereocenters. The van der Waals surface area contributed by atoms with Crippen LogP contribution in [0.5, 0.6) is 0 Å². The molecule has 0 saturated heterocycles. The lowest BCUT2D eigenvalue weighted by Gasteiger charge is -2.19. The van der Waals surface area contributed by atoms with E-state index in [1.807, 2.05) is 7.05 Å². The van der Waals surface area contributed by atoms with Crippen molar-refractivity contribution in [3.05, 3.63) is 12.2 Å². The van der Waals surface area contributed by atoms with Gasteiger partial charge in [-0.05, 0) is 0 Å². The minimum absolute atomic E-state index is 0.195. The molecule has 0 fully saturated rings. The summed E-state index contributed by atoms with van der Waals surface area (Å²) in [5.41, 5.74) is 0. The largest absolute Gasteiger partial charge is 0.392 e. The zero-order chi connectivity index (χ0) is 11.5. The van der Waals surface area contributed by atoms with Crippen LogP contribution in [0.1, 0.15) is 26.6 Å². The molecule has 0 aliphatic rings. The predicted molar refractivity (Wildman–Crippen MR) is 62.9 cm³/mol. The van der Waals surface area contributed by atoms with E-state index in [4.69, 9.17) is 0 Å². The Morgan fingerprint density at radius 1 is 1.53 bits per heavy atom. The maximum absolute atomic E-state index is 9.81. The minimum atomic E-state index is -0.350. The van der Waals surface area contributed by atoms with Crippen LogP contribution in [0.25, 0.3) is 0 Å². The lowest BCUT2D eigenvalue weighted by molar-refractivity contribution is 0.195. The Labute approximate surface area is 95.1 Å². The molecular weight excluding hydrogens is 210 g/mol. The molecular formula is C10H19N3OS. The highest BCUT2D eigenvalue weighted by Crippen LogP contribution is 2.24. The maximum atomic E-state index is 9.81. The second kappa shape index (κ2) is 4.99. The number of hydrogen-bond acceptors (Lipinski definition) is 4. The molecule has 0 radical (unpaired) electrons. The molecule has 1 N–H and O–H groups in total. The monoisotopic (exact) mass is 229 g/mol. The number of aryl methyl sites for hydroxylation is 1. The molecule has 1 aromatic rings. The summed E-state index contributed by atoms with van der Waals surface area (Å²) >= 11 is 1.76. The summed E-state index contributed by atoms with van der Waals surface area (Å²) < 4.78 is 1.89. The lowest BCUT2D eigenvalue weighted by atomic mass is 10.2. The van der Waals surface area contributed by atoms with Gasteiger partial charge in [-0.25, -0.2) is 4.98 Å². The van der Waals surface area contributed by atoms with Gasteiger partial charge in [-0.1, -0.05) is 20.8 Å². The zero-order valence-electron chi connectivity index (χ0n) is 9.77. The van der Waals surface area contributed by atoms with Crippen LogP contribution in [0.15, 0.2) is 6.33 Å². The average Bonchev–Trinajstić information content (AvgIpc) is 2.47. The zero-order valence-corrected chi connectivity index (χ0v) is 10.6. The van der Waals surface area contributed by atoms with Gasteiger partial charge in [0.05, 0.1) is 6.10 Å². The highest BCUT2D eigenvalue weighted by molar-refractivity contribution is 8.00. The van der Waals surface area contributed by atoms with Crippen LogP contribution in [0.3, 0.4) is 0 Å². The molecule has 1 heterocycles. The molecule has 1 aromatic heterocycles. The van der Waals surface area contributed by atoms with Crippen LogP contribution in [-0.4, -0.2) is 36.5 Å². The summed E-state index contributed by atoms with van der Waals surface area (Å²) in [6.45, 7) is 6.44. The third-order valence-corrected chi connectivity index (χ3v) is 3.35. The van der Waals surface area contributed by atoms with Crippen molar-refractivity contribution >= 4 is 11.8 Å². The maximum Gasteiger partial charge on any atom is 0.138 e. The van der Waals surface area contributed by atoms with Crippen LogP contribution < -0.4 is 0 Å². The molecule has 0 aliphatic carbocycles. The van der Waals surface area contributed by atoms with Crippen LogP contribution in [0, 0.1) is 0 Å². The van der Waals surface area contributed by atoms with Crippen molar-refractivity contribution in [3.63, 3.8) is 0 Å². The Balaban J connectivity index is 2.37. The Morgan fingerprint density at radius 3 is 2.67 bits per heavy atom. The van der Waals surface area contributed by atoms with E-state index in [1.165, 1.54) is 6.33 Å². The number of rotatable bonds is 4. The summed E-state index contributed by atoms with van der Waals surface area (Å²) in [5.74, 6) is 1.56. The van der Waals surface area contributed by atoms with Crippen molar-refractivity contribution < 1.29 is 5.11 Å². The SMILES string of the molecule is Cn1ncnc1CC(O)CSC(C)(C)C. The van der Waals surface area contributed by atoms with E-state index >= 15 is 0 Å². The standard InChI is InChI=1S/C10H19N3OS/c1-10(2,3)15-6-8(14)5-9-11-7-12-13(9)4/h7-8,14H,5-6H2,1-4H3. The Hall–Kier alpha value is -0.550. The number of hydrogen-bond donors (Lipinski definition) is 1. The van der Waals surface area contributed by atoms with Crippen molar-refractivity contribution in [3.8, 4) is 0 Å². The molecule has 1 atom stereocenters. The minimum Gasteiger partial charge on any atom is -0.392 e. The van der Waals surface area contributed by atoms with Crippen molar-refractivity contribution in [2.24, 2.45) is 7.05 Å². The Morgan fingerprint density at radius 2 is 2.20 bits per heavy atom. The summed E-state index contributed by atoms with van der Waals surface area (Å²) in [6.07, 6.45) is 1.73. The highest BCUT2D eigenvalue weighted by Gasteiger charge is 2.15. The summed E-state index contributed by atoms with van der Waals surface area (Å²) in [7, 11) is 1.84. The summed E-state index contributed by atoms with van der Waals surface area (Å²) in [5, 5.41) is 13.8. The highest BCUT2D eigenvalue weighted by atomic mass is 32.2. The third-order valence-electron chi connectivity index (χ3n) is 1.93. The molecule has 1 rings (SSSR count). The fraction of sp³-hybridized carbons (Fsp3) is 0.800. The van der Waals surface area contributed by atoms with E-state index in [1.54, 1.807) is 16.4 Å². The first-order valence-corrected chi connectivity index (χ1v) is 6.02. The second-order valence-corrected chi connectivity index (χ2v) is 6.43. The van der Waals surface area contributed by atoms with E-state index < -0.39 is 0 Å². The Bertz CT molecular complexity index is 306. The first-order valence-electron chi connectivity index (χ1n) is 5.03. The van der Waals surface area contributed by atoms with E-state index in [9.17, 15) is 5.11 Å². The first kappa shape index (κ1) is 12.5. The number of aliphatic hydroxyl groups is 1. The van der Waals surface area contributed by atoms with Gasteiger partial charge in [0.15, 0.2) is 0 Å². The van der Waals surface area contributed by atoms with Gasteiger partial charge in [0, 0.05) is 24.0 Å². The Kier molecular flexibility index (Phi) is 4.16. The predicted octanol–water partition coefficient (Wildman–Crippen LogP) is 1.25. The van der Waals surface area contributed by atoms with Crippen molar-refractivity contribution in [1.29, 1.82) is 0 Å². The first-order chi connectivity index (χ1) is 6.88. The number of nitrogens with zero attached hydrogens (tertiary/aromatic N) is 3. The number of aromatic nitrogens is 3. The van der Waals surface area contributed by atoms with Crippen molar-refractivity contribution in [1.82, 2.24) is 14.8 Å². The van der Waals surface area contributed by atoms with Gasteiger partial charge in [-0.3, -0.25) is 4.68 Å². The topological polar surface area (TPSA) is 50.9 Å². The average molecular weight is 229 g/mol. The molecule has 5 heteroatoms. The van der Waals surface area contributed by atoms with E-state index in [0.29, 0.717) is 6.42 Å². The van der Waals surface area contributed by atoms with Crippen LogP contribution >= 0.6 is 11.8 Å². The van der Waals surface area contributed by atoms with Gasteiger partial charge in [0.25, 0.3) is 0 Å². The van der Waals surface area contributed by atoms with E-state index in [2.05, 4.69) is 30.9 Å². The van der Waals surface area contributed by atoms with Crippen molar-refractivity contribution in [2.45, 2.75) is 38.0 Å². The second-order valence-electron chi connectivity index (χ2n) is 4.58. The summed E-state index contributed by atoms with van der Waals surface area (Å²) in [4.78, 5) is 4.08. The molecule has 0 saturated carbocycles. The molecule has 0 bridgehead atoms. The van der Waals surface area contributed by atoms with Gasteiger partial charge >= 0.3 is 0 Å². The fourth-order valence-electron chi connectivity index (χ4n) is 1.12.